The highest BCUT2D eigenvalue weighted by Crippen LogP contribution is 2.38. The average Bonchev–Trinajstić information content (AvgIpc) is 3.42. The van der Waals surface area contributed by atoms with Crippen molar-refractivity contribution in [3.63, 3.8) is 0 Å². The number of hydrogen-bond donors (Lipinski definition) is 1. The molecule has 2 aromatic carbocycles. The van der Waals surface area contributed by atoms with E-state index in [-0.39, 0.29) is 17.8 Å². The number of furan rings is 1. The second-order valence-electron chi connectivity index (χ2n) is 9.01. The summed E-state index contributed by atoms with van der Waals surface area (Å²) in [5.41, 5.74) is 1.15. The molecule has 8 heteroatoms. The molecule has 1 amide bonds. The minimum Gasteiger partial charge on any atom is -0.460 e. The van der Waals surface area contributed by atoms with Gasteiger partial charge in [0.1, 0.15) is 28.4 Å². The molecule has 2 aliphatic rings. The van der Waals surface area contributed by atoms with Crippen LogP contribution in [0.1, 0.15) is 38.4 Å². The fraction of sp³-hybridized carbons (Fsp3) is 0.360. The number of carbonyl (C=O) groups excluding carboxylic acids is 1. The molecule has 170 valence electrons. The number of benzene rings is 2. The molecule has 0 saturated carbocycles. The SMILES string of the molecule is CC(=O)NC1CC2CC[C@@H](C1)N2Cc1cc2cc(Oc3nc4c(F)cccc4s3)ccc2o1. The molecular formula is C25H24FN3O3S. The van der Waals surface area contributed by atoms with Crippen LogP contribution in [0.15, 0.2) is 46.9 Å². The number of nitrogens with zero attached hydrogens (tertiary/aromatic N) is 2. The Labute approximate surface area is 194 Å². The number of ether oxygens (including phenoxy) is 1. The van der Waals surface area contributed by atoms with Gasteiger partial charge in [0.2, 0.25) is 5.91 Å². The van der Waals surface area contributed by atoms with Crippen molar-refractivity contribution in [2.75, 3.05) is 0 Å². The lowest BCUT2D eigenvalue weighted by Crippen LogP contribution is -2.49. The number of para-hydroxylation sites is 1. The molecule has 6 nitrogen and oxygen atoms in total. The van der Waals surface area contributed by atoms with E-state index in [0.717, 1.165) is 40.8 Å². The Bertz CT molecular complexity index is 1340. The van der Waals surface area contributed by atoms with Crippen molar-refractivity contribution in [3.8, 4) is 10.9 Å². The van der Waals surface area contributed by atoms with Gasteiger partial charge in [-0.1, -0.05) is 17.4 Å². The maximum absolute atomic E-state index is 13.9. The third-order valence-electron chi connectivity index (χ3n) is 6.72. The van der Waals surface area contributed by atoms with E-state index in [1.807, 2.05) is 24.3 Å². The van der Waals surface area contributed by atoms with E-state index in [1.54, 1.807) is 13.0 Å². The van der Waals surface area contributed by atoms with Crippen molar-refractivity contribution in [1.29, 1.82) is 0 Å². The number of amides is 1. The molecule has 2 saturated heterocycles. The van der Waals surface area contributed by atoms with E-state index in [4.69, 9.17) is 9.15 Å². The Balaban J connectivity index is 1.18. The number of carbonyl (C=O) groups is 1. The van der Waals surface area contributed by atoms with Gasteiger partial charge in [-0.3, -0.25) is 9.69 Å². The Morgan fingerprint density at radius 3 is 2.82 bits per heavy atom. The Hall–Kier alpha value is -2.97. The third-order valence-corrected chi connectivity index (χ3v) is 7.62. The number of halogens is 1. The zero-order chi connectivity index (χ0) is 22.5. The van der Waals surface area contributed by atoms with Crippen LogP contribution in [0.4, 0.5) is 4.39 Å². The molecule has 2 bridgehead atoms. The van der Waals surface area contributed by atoms with E-state index in [2.05, 4.69) is 21.3 Å². The maximum Gasteiger partial charge on any atom is 0.279 e. The minimum absolute atomic E-state index is 0.0548. The summed E-state index contributed by atoms with van der Waals surface area (Å²) in [6.45, 7) is 2.36. The quantitative estimate of drug-likeness (QED) is 0.415. The summed E-state index contributed by atoms with van der Waals surface area (Å²) in [6.07, 6.45) is 4.33. The Morgan fingerprint density at radius 1 is 1.24 bits per heavy atom. The average molecular weight is 466 g/mol. The van der Waals surface area contributed by atoms with Gasteiger partial charge in [-0.05, 0) is 62.1 Å². The van der Waals surface area contributed by atoms with E-state index >= 15 is 0 Å². The van der Waals surface area contributed by atoms with Crippen LogP contribution in [-0.4, -0.2) is 33.9 Å². The first-order chi connectivity index (χ1) is 16.0. The Morgan fingerprint density at radius 2 is 2.06 bits per heavy atom. The lowest BCUT2D eigenvalue weighted by molar-refractivity contribution is -0.120. The van der Waals surface area contributed by atoms with Crippen molar-refractivity contribution in [2.45, 2.75) is 57.3 Å². The standard InChI is InChI=1S/C25H24FN3O3S/c1-14(30)27-16-11-17-5-6-18(12-16)29(17)13-20-10-15-9-19(7-8-22(15)31-20)32-25-28-24-21(26)3-2-4-23(24)33-25/h2-4,7-10,16-18H,5-6,11-13H2,1H3,(H,27,30)/t16?,17-,18?/m0/s1. The van der Waals surface area contributed by atoms with Gasteiger partial charge < -0.3 is 14.5 Å². The van der Waals surface area contributed by atoms with Gasteiger partial charge in [0.25, 0.3) is 5.19 Å². The van der Waals surface area contributed by atoms with Crippen LogP contribution in [-0.2, 0) is 11.3 Å². The van der Waals surface area contributed by atoms with Crippen LogP contribution < -0.4 is 10.1 Å². The molecule has 4 aromatic rings. The maximum atomic E-state index is 13.9. The van der Waals surface area contributed by atoms with Crippen molar-refractivity contribution in [2.24, 2.45) is 0 Å². The van der Waals surface area contributed by atoms with Crippen LogP contribution in [0.5, 0.6) is 10.9 Å². The predicted molar refractivity (Wildman–Crippen MR) is 125 cm³/mol. The van der Waals surface area contributed by atoms with Crippen LogP contribution in [0.25, 0.3) is 21.2 Å². The molecule has 2 aliphatic heterocycles. The number of hydrogen-bond acceptors (Lipinski definition) is 6. The van der Waals surface area contributed by atoms with Crippen LogP contribution in [0.3, 0.4) is 0 Å². The molecule has 6 rings (SSSR count). The topological polar surface area (TPSA) is 67.6 Å². The minimum atomic E-state index is -0.344. The van der Waals surface area contributed by atoms with E-state index in [1.165, 1.54) is 30.2 Å². The van der Waals surface area contributed by atoms with Crippen molar-refractivity contribution in [3.05, 3.63) is 54.0 Å². The fourth-order valence-corrected chi connectivity index (χ4v) is 6.22. The van der Waals surface area contributed by atoms with Crippen molar-refractivity contribution < 1.29 is 18.3 Å². The zero-order valence-corrected chi connectivity index (χ0v) is 19.0. The Kier molecular flexibility index (Phi) is 5.07. The molecule has 4 heterocycles. The molecule has 2 aromatic heterocycles. The van der Waals surface area contributed by atoms with Gasteiger partial charge in [-0.25, -0.2) is 4.39 Å². The number of nitrogens with one attached hydrogen (secondary N) is 1. The molecular weight excluding hydrogens is 441 g/mol. The van der Waals surface area contributed by atoms with Crippen LogP contribution >= 0.6 is 11.3 Å². The molecule has 2 fully saturated rings. The summed E-state index contributed by atoms with van der Waals surface area (Å²) in [5.74, 6) is 1.28. The van der Waals surface area contributed by atoms with Gasteiger partial charge in [-0.2, -0.15) is 4.98 Å². The third kappa shape index (κ3) is 3.98. The second-order valence-corrected chi connectivity index (χ2v) is 10.0. The molecule has 0 radical (unpaired) electrons. The van der Waals surface area contributed by atoms with Gasteiger partial charge >= 0.3 is 0 Å². The summed E-state index contributed by atoms with van der Waals surface area (Å²) < 4.78 is 26.7. The van der Waals surface area contributed by atoms with Gasteiger partial charge in [-0.15, -0.1) is 0 Å². The van der Waals surface area contributed by atoms with E-state index < -0.39 is 0 Å². The first kappa shape index (κ1) is 20.6. The summed E-state index contributed by atoms with van der Waals surface area (Å²) in [5, 5.41) is 4.48. The summed E-state index contributed by atoms with van der Waals surface area (Å²) in [6, 6.07) is 13.9. The first-order valence-electron chi connectivity index (χ1n) is 11.3. The normalized spacial score (nSPS) is 22.8. The molecule has 3 atom stereocenters. The van der Waals surface area contributed by atoms with Crippen LogP contribution in [0.2, 0.25) is 0 Å². The highest BCUT2D eigenvalue weighted by atomic mass is 32.1. The summed E-state index contributed by atoms with van der Waals surface area (Å²) in [7, 11) is 0. The predicted octanol–water partition coefficient (Wildman–Crippen LogP) is 5.61. The lowest BCUT2D eigenvalue weighted by atomic mass is 9.97. The number of rotatable bonds is 5. The van der Waals surface area contributed by atoms with Crippen molar-refractivity contribution >= 4 is 38.4 Å². The second kappa shape index (κ2) is 8.11. The highest BCUT2D eigenvalue weighted by Gasteiger charge is 2.41. The van der Waals surface area contributed by atoms with E-state index in [0.29, 0.717) is 28.5 Å². The smallest absolute Gasteiger partial charge is 0.279 e. The molecule has 0 spiro atoms. The summed E-state index contributed by atoms with van der Waals surface area (Å²) >= 11 is 1.32. The van der Waals surface area contributed by atoms with Gasteiger partial charge in [0.15, 0.2) is 0 Å². The largest absolute Gasteiger partial charge is 0.460 e. The lowest BCUT2D eigenvalue weighted by Gasteiger charge is -2.38. The number of aromatic nitrogens is 1. The van der Waals surface area contributed by atoms with Gasteiger partial charge in [0, 0.05) is 30.4 Å². The molecule has 0 aliphatic carbocycles. The number of thiazole rings is 1. The fourth-order valence-electron chi connectivity index (χ4n) is 5.37. The van der Waals surface area contributed by atoms with E-state index in [9.17, 15) is 9.18 Å². The number of fused-ring (bicyclic) bond motifs is 4. The number of piperidine rings is 1. The monoisotopic (exact) mass is 465 g/mol. The molecule has 1 N–H and O–H groups in total. The van der Waals surface area contributed by atoms with Crippen LogP contribution in [0, 0.1) is 5.82 Å². The summed E-state index contributed by atoms with van der Waals surface area (Å²) in [4.78, 5) is 18.3. The molecule has 2 unspecified atom stereocenters. The zero-order valence-electron chi connectivity index (χ0n) is 18.2. The van der Waals surface area contributed by atoms with Gasteiger partial charge in [0.05, 0.1) is 11.2 Å². The molecule has 33 heavy (non-hydrogen) atoms. The first-order valence-corrected chi connectivity index (χ1v) is 12.1. The van der Waals surface area contributed by atoms with Crippen molar-refractivity contribution in [1.82, 2.24) is 15.2 Å². The highest BCUT2D eigenvalue weighted by molar-refractivity contribution is 7.20.